The normalized spacial score (nSPS) is 12.6. The fourth-order valence-corrected chi connectivity index (χ4v) is 3.91. The topological polar surface area (TPSA) is 35.0 Å². The van der Waals surface area contributed by atoms with Crippen LogP contribution in [0.3, 0.4) is 0 Å². The van der Waals surface area contributed by atoms with Gasteiger partial charge in [0.2, 0.25) is 0 Å². The first kappa shape index (κ1) is 27.1. The number of aryl methyl sites for hydroxylation is 1. The molecule has 1 heterocycles. The van der Waals surface area contributed by atoms with E-state index in [9.17, 15) is 13.2 Å². The monoisotopic (exact) mass is 464 g/mol. The van der Waals surface area contributed by atoms with Gasteiger partial charge in [-0.15, -0.1) is 0 Å². The third-order valence-corrected chi connectivity index (χ3v) is 5.99. The highest BCUT2D eigenvalue weighted by Crippen LogP contribution is 2.34. The second-order valence-corrected chi connectivity index (χ2v) is 8.83. The molecule has 0 spiro atoms. The molecule has 0 fully saturated rings. The molecule has 184 valence electrons. The Morgan fingerprint density at radius 2 is 1.39 bits per heavy atom. The Labute approximate surface area is 197 Å². The van der Waals surface area contributed by atoms with Gasteiger partial charge < -0.3 is 4.74 Å². The minimum atomic E-state index is -4.10. The molecule has 0 saturated heterocycles. The Bertz CT molecular complexity index is 760. The molecule has 0 aliphatic rings. The summed E-state index contributed by atoms with van der Waals surface area (Å²) in [5.74, 6) is 0.100. The van der Waals surface area contributed by atoms with Crippen molar-refractivity contribution < 1.29 is 17.9 Å². The van der Waals surface area contributed by atoms with Crippen molar-refractivity contribution in [1.29, 1.82) is 0 Å². The fourth-order valence-electron chi connectivity index (χ4n) is 3.91. The Hall–Kier alpha value is -2.11. The molecular formula is C27H39F3N2O. The van der Waals surface area contributed by atoms with Crippen molar-refractivity contribution in [3.05, 3.63) is 42.2 Å². The molecule has 0 aliphatic heterocycles. The van der Waals surface area contributed by atoms with Gasteiger partial charge in [0, 0.05) is 5.56 Å². The van der Waals surface area contributed by atoms with Crippen LogP contribution in [-0.4, -0.2) is 22.8 Å². The summed E-state index contributed by atoms with van der Waals surface area (Å²) in [4.78, 5) is 8.80. The van der Waals surface area contributed by atoms with Crippen LogP contribution in [0.4, 0.5) is 13.2 Å². The summed E-state index contributed by atoms with van der Waals surface area (Å²) in [5.41, 5.74) is 1.92. The molecule has 1 aromatic carbocycles. The van der Waals surface area contributed by atoms with Crippen molar-refractivity contribution in [1.82, 2.24) is 9.97 Å². The average Bonchev–Trinajstić information content (AvgIpc) is 2.81. The lowest BCUT2D eigenvalue weighted by Gasteiger charge is -2.20. The van der Waals surface area contributed by atoms with Gasteiger partial charge in [0.25, 0.3) is 0 Å². The van der Waals surface area contributed by atoms with Crippen molar-refractivity contribution in [2.45, 2.75) is 97.1 Å². The zero-order valence-electron chi connectivity index (χ0n) is 20.2. The van der Waals surface area contributed by atoms with Crippen molar-refractivity contribution in [2.24, 2.45) is 5.92 Å². The summed E-state index contributed by atoms with van der Waals surface area (Å²) in [6.45, 7) is 4.82. The first-order valence-corrected chi connectivity index (χ1v) is 12.5. The van der Waals surface area contributed by atoms with E-state index in [2.05, 4.69) is 16.9 Å². The van der Waals surface area contributed by atoms with Crippen LogP contribution in [0.25, 0.3) is 11.4 Å². The van der Waals surface area contributed by atoms with E-state index >= 15 is 0 Å². The Balaban J connectivity index is 1.76. The van der Waals surface area contributed by atoms with E-state index in [1.165, 1.54) is 32.1 Å². The van der Waals surface area contributed by atoms with Crippen LogP contribution < -0.4 is 4.74 Å². The molecule has 1 atom stereocenters. The molecule has 0 bridgehead atoms. The van der Waals surface area contributed by atoms with Gasteiger partial charge in [0.15, 0.2) is 11.6 Å². The molecule has 3 nitrogen and oxygen atoms in total. The van der Waals surface area contributed by atoms with E-state index in [1.807, 2.05) is 31.2 Å². The fraction of sp³-hybridized carbons (Fsp3) is 0.630. The van der Waals surface area contributed by atoms with E-state index in [0.29, 0.717) is 37.4 Å². The number of ether oxygens (including phenoxy) is 1. The number of halogens is 3. The van der Waals surface area contributed by atoms with E-state index in [0.717, 1.165) is 24.0 Å². The average molecular weight is 465 g/mol. The van der Waals surface area contributed by atoms with Crippen LogP contribution in [0.15, 0.2) is 36.7 Å². The molecule has 2 aromatic rings. The number of benzene rings is 1. The molecule has 1 aromatic heterocycles. The lowest BCUT2D eigenvalue weighted by Crippen LogP contribution is -2.23. The van der Waals surface area contributed by atoms with E-state index in [-0.39, 0.29) is 12.8 Å². The van der Waals surface area contributed by atoms with E-state index < -0.39 is 12.1 Å². The molecule has 6 heteroatoms. The summed E-state index contributed by atoms with van der Waals surface area (Å²) < 4.78 is 45.2. The van der Waals surface area contributed by atoms with Crippen molar-refractivity contribution >= 4 is 0 Å². The molecular weight excluding hydrogens is 425 g/mol. The summed E-state index contributed by atoms with van der Waals surface area (Å²) in [7, 11) is 0. The predicted octanol–water partition coefficient (Wildman–Crippen LogP) is 8.57. The summed E-state index contributed by atoms with van der Waals surface area (Å²) >= 11 is 0. The first-order valence-electron chi connectivity index (χ1n) is 12.5. The van der Waals surface area contributed by atoms with Crippen molar-refractivity contribution in [3.63, 3.8) is 0 Å². The summed E-state index contributed by atoms with van der Waals surface area (Å²) in [6, 6.07) is 7.77. The second kappa shape index (κ2) is 14.9. The highest BCUT2D eigenvalue weighted by atomic mass is 19.4. The molecule has 0 amide bonds. The van der Waals surface area contributed by atoms with Gasteiger partial charge in [0.05, 0.1) is 24.9 Å². The minimum Gasteiger partial charge on any atom is -0.490 e. The Morgan fingerprint density at radius 3 is 2.03 bits per heavy atom. The number of aromatic nitrogens is 2. The van der Waals surface area contributed by atoms with Gasteiger partial charge in [-0.2, -0.15) is 13.2 Å². The maximum absolute atomic E-state index is 13.2. The van der Waals surface area contributed by atoms with E-state index in [4.69, 9.17) is 4.74 Å². The van der Waals surface area contributed by atoms with Crippen LogP contribution >= 0.6 is 0 Å². The summed E-state index contributed by atoms with van der Waals surface area (Å²) in [5, 5.41) is 0. The third kappa shape index (κ3) is 10.6. The quantitative estimate of drug-likeness (QED) is 0.233. The first-order chi connectivity index (χ1) is 15.9. The van der Waals surface area contributed by atoms with Gasteiger partial charge in [-0.05, 0) is 37.7 Å². The smallest absolute Gasteiger partial charge is 0.391 e. The number of alkyl halides is 3. The van der Waals surface area contributed by atoms with Crippen molar-refractivity contribution in [3.8, 4) is 17.1 Å². The second-order valence-electron chi connectivity index (χ2n) is 8.83. The zero-order valence-corrected chi connectivity index (χ0v) is 20.2. The van der Waals surface area contributed by atoms with Gasteiger partial charge in [-0.3, -0.25) is 0 Å². The lowest BCUT2D eigenvalue weighted by atomic mass is 9.94. The van der Waals surface area contributed by atoms with Crippen molar-refractivity contribution in [2.75, 3.05) is 6.61 Å². The minimum absolute atomic E-state index is 0.189. The summed E-state index contributed by atoms with van der Waals surface area (Å²) in [6.07, 6.45) is 9.63. The number of nitrogens with zero attached hydrogens (tertiary/aromatic N) is 2. The molecule has 0 saturated carbocycles. The molecule has 2 rings (SSSR count). The largest absolute Gasteiger partial charge is 0.490 e. The molecule has 0 aliphatic carbocycles. The molecule has 0 N–H and O–H groups in total. The highest BCUT2D eigenvalue weighted by molar-refractivity contribution is 5.55. The molecule has 33 heavy (non-hydrogen) atoms. The van der Waals surface area contributed by atoms with Gasteiger partial charge in [0.1, 0.15) is 0 Å². The number of hydrogen-bond donors (Lipinski definition) is 0. The van der Waals surface area contributed by atoms with E-state index in [1.54, 1.807) is 12.4 Å². The van der Waals surface area contributed by atoms with Crippen LogP contribution in [-0.2, 0) is 6.42 Å². The predicted molar refractivity (Wildman–Crippen MR) is 128 cm³/mol. The number of unbranched alkanes of at least 4 members (excludes halogenated alkanes) is 6. The lowest BCUT2D eigenvalue weighted by molar-refractivity contribution is -0.178. The van der Waals surface area contributed by atoms with Gasteiger partial charge in [-0.25, -0.2) is 9.97 Å². The van der Waals surface area contributed by atoms with Crippen LogP contribution in [0.2, 0.25) is 0 Å². The highest BCUT2D eigenvalue weighted by Gasteiger charge is 2.38. The molecule has 0 radical (unpaired) electrons. The third-order valence-electron chi connectivity index (χ3n) is 5.99. The standard InChI is InChI=1S/C27H39F3N2O/c1-3-5-7-8-9-10-19-33-25-20-31-26(32-21-25)23-17-15-22(16-18-23)12-11-14-24(13-6-4-2)27(28,29)30/h15-18,20-21,24H,3-14,19H2,1-2H3. The van der Waals surface area contributed by atoms with Gasteiger partial charge in [-0.1, -0.05) is 83.1 Å². The number of rotatable bonds is 16. The maximum atomic E-state index is 13.2. The van der Waals surface area contributed by atoms with Crippen LogP contribution in [0.1, 0.15) is 90.0 Å². The Kier molecular flexibility index (Phi) is 12.3. The van der Waals surface area contributed by atoms with Crippen LogP contribution in [0, 0.1) is 5.92 Å². The molecule has 1 unspecified atom stereocenters. The zero-order chi connectivity index (χ0) is 23.9. The maximum Gasteiger partial charge on any atom is 0.391 e. The van der Waals surface area contributed by atoms with Crippen LogP contribution in [0.5, 0.6) is 5.75 Å². The van der Waals surface area contributed by atoms with Gasteiger partial charge >= 0.3 is 6.18 Å². The number of hydrogen-bond acceptors (Lipinski definition) is 3. The Morgan fingerprint density at radius 1 is 0.788 bits per heavy atom. The SMILES string of the molecule is CCCCCCCCOc1cnc(-c2ccc(CCCC(CCCC)C(F)(F)F)cc2)nc1.